The number of rotatable bonds is 9. The van der Waals surface area contributed by atoms with Crippen LogP contribution in [-0.2, 0) is 21.9 Å². The van der Waals surface area contributed by atoms with Gasteiger partial charge >= 0.3 is 0 Å². The normalized spacial score (nSPS) is 15.2. The second kappa shape index (κ2) is 12.0. The van der Waals surface area contributed by atoms with Crippen LogP contribution in [0.15, 0.2) is 48.5 Å². The molecule has 32 heavy (non-hydrogen) atoms. The summed E-state index contributed by atoms with van der Waals surface area (Å²) in [5.41, 5.74) is 3.11. The van der Waals surface area contributed by atoms with Gasteiger partial charge in [-0.15, -0.1) is 11.8 Å². The SMILES string of the molecule is Cc1cccc(CN(C(=O)CSCc2ccc(F)cc2)[C@@H](C)C(=O)NC2CCCCC2)c1. The molecule has 0 radical (unpaired) electrons. The quantitative estimate of drug-likeness (QED) is 0.562. The summed E-state index contributed by atoms with van der Waals surface area (Å²) < 4.78 is 13.1. The topological polar surface area (TPSA) is 49.4 Å². The average Bonchev–Trinajstić information content (AvgIpc) is 2.79. The zero-order valence-electron chi connectivity index (χ0n) is 19.0. The molecule has 0 bridgehead atoms. The predicted molar refractivity (Wildman–Crippen MR) is 129 cm³/mol. The Morgan fingerprint density at radius 3 is 2.50 bits per heavy atom. The molecule has 0 heterocycles. The van der Waals surface area contributed by atoms with E-state index in [2.05, 4.69) is 11.4 Å². The van der Waals surface area contributed by atoms with E-state index in [1.165, 1.54) is 30.3 Å². The molecule has 2 aromatic carbocycles. The first-order valence-electron chi connectivity index (χ1n) is 11.4. The molecule has 1 aliphatic carbocycles. The number of aryl methyl sites for hydroxylation is 1. The lowest BCUT2D eigenvalue weighted by molar-refractivity contribution is -0.139. The zero-order valence-corrected chi connectivity index (χ0v) is 19.8. The number of hydrogen-bond acceptors (Lipinski definition) is 3. The molecule has 4 nitrogen and oxygen atoms in total. The van der Waals surface area contributed by atoms with E-state index in [1.807, 2.05) is 32.0 Å². The molecule has 0 aliphatic heterocycles. The fourth-order valence-electron chi connectivity index (χ4n) is 4.08. The summed E-state index contributed by atoms with van der Waals surface area (Å²) in [7, 11) is 0. The average molecular weight is 457 g/mol. The molecular formula is C26H33FN2O2S. The van der Waals surface area contributed by atoms with E-state index in [4.69, 9.17) is 0 Å². The number of thioether (sulfide) groups is 1. The zero-order chi connectivity index (χ0) is 22.9. The standard InChI is InChI=1S/C26H33FN2O2S/c1-19-7-6-8-22(15-19)16-29(20(2)26(31)28-24-9-4-3-5-10-24)25(30)18-32-17-21-11-13-23(27)14-12-21/h6-8,11-15,20,24H,3-5,9-10,16-18H2,1-2H3,(H,28,31)/t20-/m0/s1. The maximum absolute atomic E-state index is 13.2. The molecule has 1 N–H and O–H groups in total. The van der Waals surface area contributed by atoms with Crippen molar-refractivity contribution in [2.24, 2.45) is 0 Å². The van der Waals surface area contributed by atoms with Crippen molar-refractivity contribution in [1.29, 1.82) is 0 Å². The van der Waals surface area contributed by atoms with Gasteiger partial charge in [-0.3, -0.25) is 9.59 Å². The van der Waals surface area contributed by atoms with Crippen LogP contribution in [0.3, 0.4) is 0 Å². The molecule has 0 aromatic heterocycles. The summed E-state index contributed by atoms with van der Waals surface area (Å²) in [6, 6.07) is 14.0. The van der Waals surface area contributed by atoms with Crippen LogP contribution in [0.2, 0.25) is 0 Å². The molecule has 2 aromatic rings. The largest absolute Gasteiger partial charge is 0.352 e. The van der Waals surface area contributed by atoms with Crippen LogP contribution in [0.4, 0.5) is 4.39 Å². The van der Waals surface area contributed by atoms with Crippen molar-refractivity contribution in [3.05, 3.63) is 71.0 Å². The first kappa shape index (κ1) is 24.3. The van der Waals surface area contributed by atoms with Gasteiger partial charge in [0.2, 0.25) is 11.8 Å². The van der Waals surface area contributed by atoms with E-state index < -0.39 is 6.04 Å². The number of carbonyl (C=O) groups excluding carboxylic acids is 2. The summed E-state index contributed by atoms with van der Waals surface area (Å²) in [6.45, 7) is 4.24. The Labute approximate surface area is 195 Å². The minimum Gasteiger partial charge on any atom is -0.352 e. The van der Waals surface area contributed by atoms with Crippen molar-refractivity contribution in [2.75, 3.05) is 5.75 Å². The van der Waals surface area contributed by atoms with Crippen molar-refractivity contribution in [2.45, 2.75) is 70.3 Å². The molecule has 1 fully saturated rings. The molecule has 1 saturated carbocycles. The smallest absolute Gasteiger partial charge is 0.242 e. The van der Waals surface area contributed by atoms with Crippen molar-refractivity contribution < 1.29 is 14.0 Å². The number of benzene rings is 2. The maximum atomic E-state index is 13.2. The molecule has 3 rings (SSSR count). The van der Waals surface area contributed by atoms with Crippen LogP contribution < -0.4 is 5.32 Å². The Bertz CT molecular complexity index is 897. The van der Waals surface area contributed by atoms with Gasteiger partial charge < -0.3 is 10.2 Å². The van der Waals surface area contributed by atoms with Crippen LogP contribution in [-0.4, -0.2) is 34.6 Å². The van der Waals surface area contributed by atoms with Crippen molar-refractivity contribution in [1.82, 2.24) is 10.2 Å². The monoisotopic (exact) mass is 456 g/mol. The van der Waals surface area contributed by atoms with Crippen LogP contribution >= 0.6 is 11.8 Å². The van der Waals surface area contributed by atoms with Gasteiger partial charge in [0.25, 0.3) is 0 Å². The first-order valence-corrected chi connectivity index (χ1v) is 12.6. The van der Waals surface area contributed by atoms with Gasteiger partial charge in [-0.2, -0.15) is 0 Å². The van der Waals surface area contributed by atoms with Crippen LogP contribution in [0.5, 0.6) is 0 Å². The molecule has 0 saturated heterocycles. The lowest BCUT2D eigenvalue weighted by Gasteiger charge is -2.31. The fraction of sp³-hybridized carbons (Fsp3) is 0.462. The third-order valence-corrected chi connectivity index (χ3v) is 6.95. The molecule has 6 heteroatoms. The molecule has 0 unspecified atom stereocenters. The number of amides is 2. The number of halogens is 1. The lowest BCUT2D eigenvalue weighted by Crippen LogP contribution is -2.50. The van der Waals surface area contributed by atoms with Gasteiger partial charge in [0.05, 0.1) is 5.75 Å². The van der Waals surface area contributed by atoms with Gasteiger partial charge in [-0.1, -0.05) is 61.2 Å². The van der Waals surface area contributed by atoms with Crippen LogP contribution in [0.1, 0.15) is 55.7 Å². The molecule has 0 spiro atoms. The molecular weight excluding hydrogens is 423 g/mol. The molecule has 1 aliphatic rings. The minimum atomic E-state index is -0.545. The highest BCUT2D eigenvalue weighted by Crippen LogP contribution is 2.19. The maximum Gasteiger partial charge on any atom is 0.242 e. The number of nitrogens with zero attached hydrogens (tertiary/aromatic N) is 1. The van der Waals surface area contributed by atoms with E-state index >= 15 is 0 Å². The van der Waals surface area contributed by atoms with Crippen molar-refractivity contribution >= 4 is 23.6 Å². The second-order valence-corrected chi connectivity index (χ2v) is 9.64. The van der Waals surface area contributed by atoms with E-state index in [1.54, 1.807) is 17.0 Å². The molecule has 1 atom stereocenters. The summed E-state index contributed by atoms with van der Waals surface area (Å²) in [5.74, 6) is 0.473. The fourth-order valence-corrected chi connectivity index (χ4v) is 4.95. The van der Waals surface area contributed by atoms with Crippen LogP contribution in [0.25, 0.3) is 0 Å². The van der Waals surface area contributed by atoms with Crippen molar-refractivity contribution in [3.8, 4) is 0 Å². The summed E-state index contributed by atoms with van der Waals surface area (Å²) >= 11 is 1.48. The summed E-state index contributed by atoms with van der Waals surface area (Å²) in [5, 5.41) is 3.16. The third kappa shape index (κ3) is 7.37. The van der Waals surface area contributed by atoms with Gasteiger partial charge in [0.1, 0.15) is 11.9 Å². The van der Waals surface area contributed by atoms with Gasteiger partial charge in [-0.25, -0.2) is 4.39 Å². The van der Waals surface area contributed by atoms with E-state index in [0.717, 1.165) is 42.4 Å². The highest BCUT2D eigenvalue weighted by Gasteiger charge is 2.28. The Hall–Kier alpha value is -2.34. The Morgan fingerprint density at radius 1 is 1.09 bits per heavy atom. The Balaban J connectivity index is 1.64. The summed E-state index contributed by atoms with van der Waals surface area (Å²) in [4.78, 5) is 27.9. The van der Waals surface area contributed by atoms with E-state index in [0.29, 0.717) is 12.3 Å². The van der Waals surface area contributed by atoms with E-state index in [9.17, 15) is 14.0 Å². The first-order chi connectivity index (χ1) is 15.4. The van der Waals surface area contributed by atoms with Gasteiger partial charge in [0, 0.05) is 18.3 Å². The van der Waals surface area contributed by atoms with E-state index in [-0.39, 0.29) is 29.4 Å². The van der Waals surface area contributed by atoms with Crippen LogP contribution in [0, 0.1) is 12.7 Å². The number of carbonyl (C=O) groups is 2. The summed E-state index contributed by atoms with van der Waals surface area (Å²) in [6.07, 6.45) is 5.54. The highest BCUT2D eigenvalue weighted by atomic mass is 32.2. The Kier molecular flexibility index (Phi) is 9.15. The third-order valence-electron chi connectivity index (χ3n) is 5.96. The van der Waals surface area contributed by atoms with Crippen molar-refractivity contribution in [3.63, 3.8) is 0 Å². The number of hydrogen-bond donors (Lipinski definition) is 1. The predicted octanol–water partition coefficient (Wildman–Crippen LogP) is 5.23. The van der Waals surface area contributed by atoms with Gasteiger partial charge in [0.15, 0.2) is 0 Å². The second-order valence-electron chi connectivity index (χ2n) is 8.65. The minimum absolute atomic E-state index is 0.0649. The molecule has 172 valence electrons. The van der Waals surface area contributed by atoms with Gasteiger partial charge in [-0.05, 0) is 49.9 Å². The highest BCUT2D eigenvalue weighted by molar-refractivity contribution is 7.99. The molecule has 2 amide bonds. The Morgan fingerprint density at radius 2 is 1.81 bits per heavy atom. The number of nitrogens with one attached hydrogen (secondary N) is 1. The lowest BCUT2D eigenvalue weighted by atomic mass is 9.95.